The van der Waals surface area contributed by atoms with Crippen LogP contribution < -0.4 is 0 Å². The van der Waals surface area contributed by atoms with Gasteiger partial charge < -0.3 is 0 Å². The Hall–Kier alpha value is -2.86. The van der Waals surface area contributed by atoms with E-state index < -0.39 is 0 Å². The molecule has 0 amide bonds. The minimum absolute atomic E-state index is 0.295. The summed E-state index contributed by atoms with van der Waals surface area (Å²) in [7, 11) is 0. The second-order valence-corrected chi connectivity index (χ2v) is 8.86. The molecule has 27 heavy (non-hydrogen) atoms. The molecule has 0 fully saturated rings. The first-order chi connectivity index (χ1) is 13.4. The second-order valence-electron chi connectivity index (χ2n) is 6.65. The maximum atomic E-state index is 2.40. The zero-order valence-electron chi connectivity index (χ0n) is 14.8. The van der Waals surface area contributed by atoms with Crippen LogP contribution in [0.5, 0.6) is 0 Å². The van der Waals surface area contributed by atoms with Crippen LogP contribution in [0.2, 0.25) is 0 Å². The van der Waals surface area contributed by atoms with Crippen LogP contribution in [0.15, 0.2) is 109 Å². The van der Waals surface area contributed by atoms with Gasteiger partial charge in [0.15, 0.2) is 0 Å². The van der Waals surface area contributed by atoms with Crippen LogP contribution in [0.3, 0.4) is 0 Å². The monoisotopic (exact) mass is 410 g/mol. The van der Waals surface area contributed by atoms with Crippen molar-refractivity contribution >= 4 is 25.3 Å². The van der Waals surface area contributed by atoms with Gasteiger partial charge in [-0.05, 0) is 0 Å². The summed E-state index contributed by atoms with van der Waals surface area (Å²) in [4.78, 5) is 0. The zero-order valence-corrected chi connectivity index (χ0v) is 16.5. The summed E-state index contributed by atoms with van der Waals surface area (Å²) < 4.78 is 2.92. The number of hydrogen-bond acceptors (Lipinski definition) is 0. The minimum atomic E-state index is 0.295. The second kappa shape index (κ2) is 7.04. The Morgan fingerprint density at radius 3 is 1.81 bits per heavy atom. The van der Waals surface area contributed by atoms with Gasteiger partial charge in [-0.1, -0.05) is 0 Å². The molecule has 1 heteroatoms. The first kappa shape index (κ1) is 16.3. The first-order valence-corrected chi connectivity index (χ1v) is 10.8. The molecule has 5 aromatic rings. The van der Waals surface area contributed by atoms with E-state index in [-0.39, 0.29) is 0 Å². The summed E-state index contributed by atoms with van der Waals surface area (Å²) >= 11 is 0.295. The molecule has 0 radical (unpaired) electrons. The molecule has 0 atom stereocenters. The van der Waals surface area contributed by atoms with Crippen LogP contribution in [0.4, 0.5) is 0 Å². The normalized spacial score (nSPS) is 11.0. The average molecular weight is 409 g/mol. The SMILES string of the molecule is c1ccc(-c2cc(-c3ccc4ccccc4c3)c(-c3ccccc3)[se]2)cc1. The Labute approximate surface area is 165 Å². The van der Waals surface area contributed by atoms with Crippen molar-refractivity contribution in [3.63, 3.8) is 0 Å². The molecule has 5 rings (SSSR count). The van der Waals surface area contributed by atoms with Gasteiger partial charge in [0, 0.05) is 0 Å². The van der Waals surface area contributed by atoms with Crippen LogP contribution in [0.1, 0.15) is 0 Å². The van der Waals surface area contributed by atoms with Gasteiger partial charge in [0.25, 0.3) is 0 Å². The van der Waals surface area contributed by atoms with Gasteiger partial charge in [-0.15, -0.1) is 0 Å². The molecule has 0 aliphatic rings. The van der Waals surface area contributed by atoms with Gasteiger partial charge >= 0.3 is 166 Å². The molecule has 0 nitrogen and oxygen atoms in total. The van der Waals surface area contributed by atoms with E-state index in [1.165, 1.54) is 41.9 Å². The fourth-order valence-corrected chi connectivity index (χ4v) is 6.01. The molecule has 1 aromatic heterocycles. The summed E-state index contributed by atoms with van der Waals surface area (Å²) in [6.07, 6.45) is 0. The van der Waals surface area contributed by atoms with Gasteiger partial charge in [-0.2, -0.15) is 0 Å². The third-order valence-electron chi connectivity index (χ3n) is 4.89. The van der Waals surface area contributed by atoms with Crippen molar-refractivity contribution in [1.82, 2.24) is 0 Å². The molecule has 128 valence electrons. The Morgan fingerprint density at radius 1 is 0.444 bits per heavy atom. The summed E-state index contributed by atoms with van der Waals surface area (Å²) in [6.45, 7) is 0. The molecule has 0 unspecified atom stereocenters. The molecule has 1 heterocycles. The molecule has 0 bridgehead atoms. The first-order valence-electron chi connectivity index (χ1n) is 9.12. The average Bonchev–Trinajstić information content (AvgIpc) is 3.20. The number of benzene rings is 4. The van der Waals surface area contributed by atoms with Crippen LogP contribution in [0, 0.1) is 0 Å². The molecule has 0 aliphatic heterocycles. The molecular weight excluding hydrogens is 391 g/mol. The van der Waals surface area contributed by atoms with Crippen LogP contribution in [0.25, 0.3) is 41.9 Å². The van der Waals surface area contributed by atoms with E-state index in [2.05, 4.69) is 109 Å². The Morgan fingerprint density at radius 2 is 1.07 bits per heavy atom. The molecular formula is C26H18Se. The van der Waals surface area contributed by atoms with E-state index in [0.717, 1.165) is 0 Å². The van der Waals surface area contributed by atoms with E-state index >= 15 is 0 Å². The van der Waals surface area contributed by atoms with E-state index in [1.807, 2.05) is 0 Å². The van der Waals surface area contributed by atoms with Crippen LogP contribution in [-0.2, 0) is 0 Å². The summed E-state index contributed by atoms with van der Waals surface area (Å²) in [5.41, 5.74) is 5.34. The van der Waals surface area contributed by atoms with Gasteiger partial charge in [0.2, 0.25) is 0 Å². The van der Waals surface area contributed by atoms with E-state index in [4.69, 9.17) is 0 Å². The number of hydrogen-bond donors (Lipinski definition) is 0. The topological polar surface area (TPSA) is 0 Å². The summed E-state index contributed by atoms with van der Waals surface area (Å²) in [5.74, 6) is 0. The van der Waals surface area contributed by atoms with Crippen LogP contribution >= 0.6 is 0 Å². The van der Waals surface area contributed by atoms with Crippen molar-refractivity contribution in [3.8, 4) is 31.1 Å². The molecule has 0 spiro atoms. The van der Waals surface area contributed by atoms with Gasteiger partial charge in [0.05, 0.1) is 0 Å². The van der Waals surface area contributed by atoms with Crippen molar-refractivity contribution in [2.24, 2.45) is 0 Å². The van der Waals surface area contributed by atoms with Gasteiger partial charge in [0.1, 0.15) is 0 Å². The molecule has 0 saturated heterocycles. The standard InChI is InChI=1S/C26H18Se/c1-3-10-20(11-4-1)25-18-24(26(27-25)21-12-5-2-6-13-21)23-16-15-19-9-7-8-14-22(19)17-23/h1-18H. The number of fused-ring (bicyclic) bond motifs is 1. The van der Waals surface area contributed by atoms with Gasteiger partial charge in [-0.25, -0.2) is 0 Å². The fourth-order valence-electron chi connectivity index (χ4n) is 3.51. The molecule has 0 saturated carbocycles. The quantitative estimate of drug-likeness (QED) is 0.285. The van der Waals surface area contributed by atoms with Crippen LogP contribution in [-0.4, -0.2) is 14.5 Å². The Balaban J connectivity index is 1.73. The third-order valence-corrected chi connectivity index (χ3v) is 7.47. The molecule has 0 aliphatic carbocycles. The van der Waals surface area contributed by atoms with Crippen molar-refractivity contribution < 1.29 is 0 Å². The zero-order chi connectivity index (χ0) is 18.1. The molecule has 4 aromatic carbocycles. The fraction of sp³-hybridized carbons (Fsp3) is 0. The van der Waals surface area contributed by atoms with Crippen molar-refractivity contribution in [2.75, 3.05) is 0 Å². The molecule has 0 N–H and O–H groups in total. The van der Waals surface area contributed by atoms with Crippen molar-refractivity contribution in [2.45, 2.75) is 0 Å². The summed E-state index contributed by atoms with van der Waals surface area (Å²) in [5, 5.41) is 2.59. The van der Waals surface area contributed by atoms with Crippen molar-refractivity contribution in [1.29, 1.82) is 0 Å². The predicted molar refractivity (Wildman–Crippen MR) is 117 cm³/mol. The third kappa shape index (κ3) is 3.17. The Kier molecular flexibility index (Phi) is 4.26. The number of rotatable bonds is 3. The van der Waals surface area contributed by atoms with E-state index in [9.17, 15) is 0 Å². The summed E-state index contributed by atoms with van der Waals surface area (Å²) in [6, 6.07) is 39.4. The Bertz CT molecular complexity index is 1200. The van der Waals surface area contributed by atoms with E-state index in [1.54, 1.807) is 0 Å². The van der Waals surface area contributed by atoms with Crippen molar-refractivity contribution in [3.05, 3.63) is 109 Å². The predicted octanol–water partition coefficient (Wildman–Crippen LogP) is 6.90. The van der Waals surface area contributed by atoms with Gasteiger partial charge in [-0.3, -0.25) is 0 Å². The maximum absolute atomic E-state index is 2.40. The van der Waals surface area contributed by atoms with E-state index in [0.29, 0.717) is 14.5 Å².